The van der Waals surface area contributed by atoms with Crippen molar-refractivity contribution in [3.63, 3.8) is 0 Å². The van der Waals surface area contributed by atoms with Gasteiger partial charge in [-0.2, -0.15) is 15.0 Å². The van der Waals surface area contributed by atoms with Crippen molar-refractivity contribution < 1.29 is 5.11 Å². The molecule has 0 spiro atoms. The fourth-order valence-electron chi connectivity index (χ4n) is 2.80. The van der Waals surface area contributed by atoms with Crippen LogP contribution >= 0.6 is 0 Å². The van der Waals surface area contributed by atoms with Gasteiger partial charge in [0.2, 0.25) is 11.9 Å². The molecule has 1 aromatic heterocycles. The van der Waals surface area contributed by atoms with E-state index in [2.05, 4.69) is 25.2 Å². The van der Waals surface area contributed by atoms with E-state index in [1.807, 2.05) is 37.3 Å². The maximum Gasteiger partial charge on any atom is 0.232 e. The van der Waals surface area contributed by atoms with Crippen LogP contribution in [0.15, 0.2) is 30.3 Å². The molecular formula is C16H22N6O. The number of aliphatic hydroxyl groups excluding tert-OH is 1. The number of hydrogen-bond donors (Lipinski definition) is 3. The number of likely N-dealkylation sites (tertiary alicyclic amines) is 1. The van der Waals surface area contributed by atoms with Crippen LogP contribution < -0.4 is 11.1 Å². The van der Waals surface area contributed by atoms with Gasteiger partial charge in [0.15, 0.2) is 5.82 Å². The summed E-state index contributed by atoms with van der Waals surface area (Å²) in [5.41, 5.74) is 6.73. The average Bonchev–Trinajstić information content (AvgIpc) is 2.54. The lowest BCUT2D eigenvalue weighted by molar-refractivity contribution is 0.0484. The van der Waals surface area contributed by atoms with E-state index in [0.29, 0.717) is 18.3 Å². The van der Waals surface area contributed by atoms with Crippen LogP contribution in [-0.2, 0) is 0 Å². The predicted molar refractivity (Wildman–Crippen MR) is 89.2 cm³/mol. The van der Waals surface area contributed by atoms with Crippen LogP contribution in [-0.4, -0.2) is 44.2 Å². The van der Waals surface area contributed by atoms with Gasteiger partial charge >= 0.3 is 0 Å². The van der Waals surface area contributed by atoms with Crippen molar-refractivity contribution in [2.45, 2.75) is 31.9 Å². The topological polar surface area (TPSA) is 100 Å². The Balaban J connectivity index is 1.79. The Morgan fingerprint density at radius 2 is 2.04 bits per heavy atom. The Labute approximate surface area is 135 Å². The molecule has 1 aliphatic heterocycles. The van der Waals surface area contributed by atoms with Crippen LogP contribution in [0, 0.1) is 0 Å². The molecule has 0 amide bonds. The molecule has 1 aromatic carbocycles. The molecule has 7 heteroatoms. The summed E-state index contributed by atoms with van der Waals surface area (Å²) in [5, 5.41) is 13.0. The molecule has 1 saturated heterocycles. The number of nitrogens with one attached hydrogen (secondary N) is 1. The van der Waals surface area contributed by atoms with Gasteiger partial charge in [-0.1, -0.05) is 18.2 Å². The third-order valence-corrected chi connectivity index (χ3v) is 4.05. The number of β-amino-alcohol motifs (C(OH)–C–C–N with tert-alkyl or cyclic N) is 1. The van der Waals surface area contributed by atoms with Gasteiger partial charge in [-0.25, -0.2) is 0 Å². The maximum atomic E-state index is 9.85. The second-order valence-electron chi connectivity index (χ2n) is 5.83. The van der Waals surface area contributed by atoms with E-state index in [0.717, 1.165) is 25.1 Å². The molecule has 0 radical (unpaired) electrons. The summed E-state index contributed by atoms with van der Waals surface area (Å²) in [7, 11) is 0. The van der Waals surface area contributed by atoms with E-state index in [9.17, 15) is 5.11 Å². The van der Waals surface area contributed by atoms with Crippen molar-refractivity contribution in [1.29, 1.82) is 0 Å². The number of anilines is 3. The highest BCUT2D eigenvalue weighted by Crippen LogP contribution is 2.23. The van der Waals surface area contributed by atoms with Crippen molar-refractivity contribution in [3.8, 4) is 0 Å². The van der Waals surface area contributed by atoms with Crippen molar-refractivity contribution >= 4 is 17.6 Å². The lowest BCUT2D eigenvalue weighted by Crippen LogP contribution is -2.40. The van der Waals surface area contributed by atoms with Crippen LogP contribution in [0.4, 0.5) is 17.6 Å². The highest BCUT2D eigenvalue weighted by atomic mass is 16.3. The van der Waals surface area contributed by atoms with Gasteiger partial charge in [-0.05, 0) is 38.4 Å². The normalized spacial score (nSPS) is 20.2. The second kappa shape index (κ2) is 6.89. The number of nitrogen functional groups attached to an aromatic ring is 1. The summed E-state index contributed by atoms with van der Waals surface area (Å²) in [5.74, 6) is 1.24. The molecule has 2 atom stereocenters. The number of nitrogens with two attached hydrogens (primary N) is 1. The van der Waals surface area contributed by atoms with Gasteiger partial charge in [0, 0.05) is 12.2 Å². The molecule has 122 valence electrons. The summed E-state index contributed by atoms with van der Waals surface area (Å²) in [4.78, 5) is 15.1. The van der Waals surface area contributed by atoms with Gasteiger partial charge in [0.05, 0.1) is 12.1 Å². The number of benzene rings is 1. The lowest BCUT2D eigenvalue weighted by atomic mass is 10.1. The summed E-state index contributed by atoms with van der Waals surface area (Å²) in [6.07, 6.45) is 1.54. The van der Waals surface area contributed by atoms with E-state index in [1.54, 1.807) is 0 Å². The number of piperidine rings is 1. The quantitative estimate of drug-likeness (QED) is 0.790. The van der Waals surface area contributed by atoms with Gasteiger partial charge in [0.25, 0.3) is 0 Å². The lowest BCUT2D eigenvalue weighted by Gasteiger charge is -2.34. The van der Waals surface area contributed by atoms with Crippen molar-refractivity contribution in [3.05, 3.63) is 36.2 Å². The Bertz CT molecular complexity index is 650. The van der Waals surface area contributed by atoms with Gasteiger partial charge < -0.3 is 16.2 Å². The van der Waals surface area contributed by atoms with Crippen LogP contribution in [0.3, 0.4) is 0 Å². The number of rotatable bonds is 4. The molecule has 0 saturated carbocycles. The summed E-state index contributed by atoms with van der Waals surface area (Å²) < 4.78 is 0. The number of para-hydroxylation sites is 1. The number of nitrogens with zero attached hydrogens (tertiary/aromatic N) is 4. The fraction of sp³-hybridized carbons (Fsp3) is 0.438. The molecule has 4 N–H and O–H groups in total. The third-order valence-electron chi connectivity index (χ3n) is 4.05. The number of aliphatic hydroxyl groups is 1. The number of hydrogen-bond acceptors (Lipinski definition) is 7. The smallest absolute Gasteiger partial charge is 0.232 e. The third kappa shape index (κ3) is 3.94. The van der Waals surface area contributed by atoms with E-state index < -0.39 is 0 Å². The fourth-order valence-corrected chi connectivity index (χ4v) is 2.80. The predicted octanol–water partition coefficient (Wildman–Crippen LogP) is 1.72. The molecule has 0 aliphatic carbocycles. The number of aromatic nitrogens is 3. The Morgan fingerprint density at radius 1 is 1.26 bits per heavy atom. The Morgan fingerprint density at radius 3 is 2.78 bits per heavy atom. The first-order chi connectivity index (χ1) is 11.1. The van der Waals surface area contributed by atoms with Crippen LogP contribution in [0.5, 0.6) is 0 Å². The molecule has 23 heavy (non-hydrogen) atoms. The first-order valence-electron chi connectivity index (χ1n) is 7.87. The molecule has 1 aliphatic rings. The van der Waals surface area contributed by atoms with Crippen molar-refractivity contribution in [2.75, 3.05) is 24.1 Å². The highest BCUT2D eigenvalue weighted by Gasteiger charge is 2.25. The summed E-state index contributed by atoms with van der Waals surface area (Å²) >= 11 is 0. The molecule has 7 nitrogen and oxygen atoms in total. The molecule has 3 rings (SSSR count). The molecule has 2 heterocycles. The monoisotopic (exact) mass is 314 g/mol. The van der Waals surface area contributed by atoms with Gasteiger partial charge in [0.1, 0.15) is 0 Å². The molecule has 1 fully saturated rings. The average molecular weight is 314 g/mol. The van der Waals surface area contributed by atoms with Crippen LogP contribution in [0.2, 0.25) is 0 Å². The first kappa shape index (κ1) is 15.6. The zero-order valence-corrected chi connectivity index (χ0v) is 13.2. The van der Waals surface area contributed by atoms with E-state index in [-0.39, 0.29) is 18.1 Å². The Kier molecular flexibility index (Phi) is 4.68. The van der Waals surface area contributed by atoms with E-state index in [4.69, 9.17) is 5.73 Å². The van der Waals surface area contributed by atoms with Gasteiger partial charge in [-0.15, -0.1) is 0 Å². The SMILES string of the molecule is CC(c1nc(N)nc(Nc2ccccc2)n1)N1CCCC(O)C1. The zero-order chi connectivity index (χ0) is 16.2. The molecular weight excluding hydrogens is 292 g/mol. The summed E-state index contributed by atoms with van der Waals surface area (Å²) in [6.45, 7) is 3.58. The van der Waals surface area contributed by atoms with Crippen molar-refractivity contribution in [2.24, 2.45) is 0 Å². The summed E-state index contributed by atoms with van der Waals surface area (Å²) in [6, 6.07) is 9.67. The van der Waals surface area contributed by atoms with Crippen LogP contribution in [0.1, 0.15) is 31.6 Å². The van der Waals surface area contributed by atoms with Gasteiger partial charge in [-0.3, -0.25) is 4.90 Å². The minimum absolute atomic E-state index is 0.0217. The molecule has 2 unspecified atom stereocenters. The first-order valence-corrected chi connectivity index (χ1v) is 7.87. The highest BCUT2D eigenvalue weighted by molar-refractivity contribution is 5.53. The molecule has 0 bridgehead atoms. The second-order valence-corrected chi connectivity index (χ2v) is 5.83. The minimum atomic E-state index is -0.285. The largest absolute Gasteiger partial charge is 0.392 e. The standard InChI is InChI=1S/C16H22N6O/c1-11(22-9-5-8-13(23)10-22)14-19-15(17)21-16(20-14)18-12-6-3-2-4-7-12/h2-4,6-7,11,13,23H,5,8-10H2,1H3,(H3,17,18,19,20,21). The maximum absolute atomic E-state index is 9.85. The molecule has 2 aromatic rings. The van der Waals surface area contributed by atoms with Crippen molar-refractivity contribution in [1.82, 2.24) is 19.9 Å². The van der Waals surface area contributed by atoms with Crippen LogP contribution in [0.25, 0.3) is 0 Å². The van der Waals surface area contributed by atoms with E-state index in [1.165, 1.54) is 0 Å². The zero-order valence-electron chi connectivity index (χ0n) is 13.2. The Hall–Kier alpha value is -2.25. The minimum Gasteiger partial charge on any atom is -0.392 e. The van der Waals surface area contributed by atoms with E-state index >= 15 is 0 Å².